The lowest BCUT2D eigenvalue weighted by Gasteiger charge is -2.05. The molecule has 0 fully saturated rings. The first kappa shape index (κ1) is 10.4. The van der Waals surface area contributed by atoms with Crippen LogP contribution in [-0.2, 0) is 16.0 Å². The van der Waals surface area contributed by atoms with Gasteiger partial charge in [-0.25, -0.2) is 0 Å². The molecule has 0 aromatic carbocycles. The molecule has 72 valence electrons. The number of carbonyl (C=O) groups excluding carboxylic acids is 1. The Bertz CT molecular complexity index is 252. The third-order valence-corrected chi connectivity index (χ3v) is 2.29. The lowest BCUT2D eigenvalue weighted by Crippen LogP contribution is -2.14. The van der Waals surface area contributed by atoms with Crippen molar-refractivity contribution in [3.63, 3.8) is 0 Å². The molecule has 3 heteroatoms. The molecular weight excluding hydrogens is 184 g/mol. The van der Waals surface area contributed by atoms with E-state index in [2.05, 4.69) is 0 Å². The van der Waals surface area contributed by atoms with Crippen molar-refractivity contribution in [2.45, 2.75) is 26.4 Å². The Morgan fingerprint density at radius 1 is 1.62 bits per heavy atom. The van der Waals surface area contributed by atoms with Gasteiger partial charge in [0.1, 0.15) is 6.61 Å². The lowest BCUT2D eigenvalue weighted by atomic mass is 10.2. The molecule has 0 aliphatic rings. The molecule has 0 saturated heterocycles. The molecule has 1 aromatic rings. The van der Waals surface area contributed by atoms with Crippen LogP contribution in [0.5, 0.6) is 0 Å². The Kier molecular flexibility index (Phi) is 4.12. The van der Waals surface area contributed by atoms with Gasteiger partial charge in [0.05, 0.1) is 6.10 Å². The monoisotopic (exact) mass is 198 g/mol. The molecule has 0 saturated carbocycles. The van der Waals surface area contributed by atoms with Crippen molar-refractivity contribution in [3.8, 4) is 0 Å². The molecule has 0 bridgehead atoms. The van der Waals surface area contributed by atoms with E-state index in [1.807, 2.05) is 30.7 Å². The summed E-state index contributed by atoms with van der Waals surface area (Å²) >= 11 is 1.61. The first-order valence-corrected chi connectivity index (χ1v) is 5.27. The normalized spacial score (nSPS) is 10.7. The number of hydrogen-bond acceptors (Lipinski definition) is 3. The van der Waals surface area contributed by atoms with Gasteiger partial charge in [0.2, 0.25) is 0 Å². The van der Waals surface area contributed by atoms with Gasteiger partial charge in [0.15, 0.2) is 5.78 Å². The molecule has 0 amide bonds. The lowest BCUT2D eigenvalue weighted by molar-refractivity contribution is -0.124. The van der Waals surface area contributed by atoms with Crippen molar-refractivity contribution in [1.82, 2.24) is 0 Å². The minimum absolute atomic E-state index is 0.131. The minimum atomic E-state index is 0.131. The Hall–Kier alpha value is -0.670. The van der Waals surface area contributed by atoms with Crippen LogP contribution in [0.1, 0.15) is 19.4 Å². The summed E-state index contributed by atoms with van der Waals surface area (Å²) in [5, 5.41) is 3.97. The maximum Gasteiger partial charge on any atom is 0.162 e. The summed E-state index contributed by atoms with van der Waals surface area (Å²) in [6.45, 7) is 4.09. The average Bonchev–Trinajstić information content (AvgIpc) is 2.53. The maximum atomic E-state index is 11.3. The van der Waals surface area contributed by atoms with Gasteiger partial charge in [-0.1, -0.05) is 0 Å². The summed E-state index contributed by atoms with van der Waals surface area (Å²) in [7, 11) is 0. The van der Waals surface area contributed by atoms with Crippen LogP contribution in [0.4, 0.5) is 0 Å². The van der Waals surface area contributed by atoms with E-state index >= 15 is 0 Å². The van der Waals surface area contributed by atoms with Crippen molar-refractivity contribution in [2.75, 3.05) is 6.61 Å². The summed E-state index contributed by atoms with van der Waals surface area (Å²) in [5.41, 5.74) is 1.09. The molecule has 0 aliphatic heterocycles. The maximum absolute atomic E-state index is 11.3. The van der Waals surface area contributed by atoms with Crippen molar-refractivity contribution in [3.05, 3.63) is 22.4 Å². The molecule has 0 N–H and O–H groups in total. The van der Waals surface area contributed by atoms with Gasteiger partial charge >= 0.3 is 0 Å². The summed E-state index contributed by atoms with van der Waals surface area (Å²) < 4.78 is 5.21. The number of hydrogen-bond donors (Lipinski definition) is 0. The van der Waals surface area contributed by atoms with Crippen LogP contribution in [0.3, 0.4) is 0 Å². The van der Waals surface area contributed by atoms with Gasteiger partial charge < -0.3 is 4.74 Å². The van der Waals surface area contributed by atoms with Crippen molar-refractivity contribution in [1.29, 1.82) is 0 Å². The zero-order valence-corrected chi connectivity index (χ0v) is 8.76. The molecule has 0 atom stereocenters. The first-order valence-electron chi connectivity index (χ1n) is 4.33. The molecule has 0 aliphatic carbocycles. The van der Waals surface area contributed by atoms with Gasteiger partial charge in [-0.2, -0.15) is 11.3 Å². The predicted molar refractivity (Wildman–Crippen MR) is 54.1 cm³/mol. The van der Waals surface area contributed by atoms with Gasteiger partial charge in [-0.3, -0.25) is 4.79 Å². The molecule has 1 rings (SSSR count). The molecule has 0 radical (unpaired) electrons. The average molecular weight is 198 g/mol. The highest BCUT2D eigenvalue weighted by atomic mass is 32.1. The second-order valence-electron chi connectivity index (χ2n) is 3.21. The van der Waals surface area contributed by atoms with Crippen molar-refractivity contribution < 1.29 is 9.53 Å². The third-order valence-electron chi connectivity index (χ3n) is 1.56. The molecule has 1 aromatic heterocycles. The predicted octanol–water partition coefficient (Wildman–Crippen LogP) is 2.28. The van der Waals surface area contributed by atoms with Crippen LogP contribution in [0.15, 0.2) is 16.8 Å². The van der Waals surface area contributed by atoms with Crippen LogP contribution >= 0.6 is 11.3 Å². The Labute approximate surface area is 82.5 Å². The highest BCUT2D eigenvalue weighted by Crippen LogP contribution is 2.07. The summed E-state index contributed by atoms with van der Waals surface area (Å²) in [6, 6.07) is 1.97. The van der Waals surface area contributed by atoms with Gasteiger partial charge in [0.25, 0.3) is 0 Å². The van der Waals surface area contributed by atoms with Crippen LogP contribution in [0.2, 0.25) is 0 Å². The van der Waals surface area contributed by atoms with E-state index in [1.54, 1.807) is 11.3 Å². The summed E-state index contributed by atoms with van der Waals surface area (Å²) in [4.78, 5) is 11.3. The zero-order valence-electron chi connectivity index (χ0n) is 7.95. The van der Waals surface area contributed by atoms with Crippen LogP contribution < -0.4 is 0 Å². The quantitative estimate of drug-likeness (QED) is 0.725. The highest BCUT2D eigenvalue weighted by Gasteiger charge is 2.05. The highest BCUT2D eigenvalue weighted by molar-refractivity contribution is 7.07. The van der Waals surface area contributed by atoms with Crippen molar-refractivity contribution >= 4 is 17.1 Å². The van der Waals surface area contributed by atoms with Crippen LogP contribution in [0, 0.1) is 0 Å². The second kappa shape index (κ2) is 5.14. The van der Waals surface area contributed by atoms with Gasteiger partial charge in [0, 0.05) is 6.42 Å². The molecule has 0 unspecified atom stereocenters. The molecule has 2 nitrogen and oxygen atoms in total. The molecular formula is C10H14O2S. The van der Waals surface area contributed by atoms with E-state index in [4.69, 9.17) is 4.74 Å². The van der Waals surface area contributed by atoms with E-state index < -0.39 is 0 Å². The molecule has 1 heterocycles. The standard InChI is InChI=1S/C10H14O2S/c1-8(2)12-6-10(11)5-9-3-4-13-7-9/h3-4,7-8H,5-6H2,1-2H3. The molecule has 0 spiro atoms. The zero-order chi connectivity index (χ0) is 9.68. The smallest absolute Gasteiger partial charge is 0.162 e. The van der Waals surface area contributed by atoms with Gasteiger partial charge in [-0.15, -0.1) is 0 Å². The van der Waals surface area contributed by atoms with E-state index in [1.165, 1.54) is 0 Å². The van der Waals surface area contributed by atoms with E-state index in [9.17, 15) is 4.79 Å². The summed E-state index contributed by atoms with van der Waals surface area (Å²) in [5.74, 6) is 0.145. The van der Waals surface area contributed by atoms with E-state index in [0.717, 1.165) is 5.56 Å². The Morgan fingerprint density at radius 2 is 2.38 bits per heavy atom. The number of carbonyl (C=O) groups is 1. The second-order valence-corrected chi connectivity index (χ2v) is 3.99. The number of ketones is 1. The van der Waals surface area contributed by atoms with E-state index in [0.29, 0.717) is 6.42 Å². The van der Waals surface area contributed by atoms with Crippen molar-refractivity contribution in [2.24, 2.45) is 0 Å². The fourth-order valence-electron chi connectivity index (χ4n) is 0.932. The van der Waals surface area contributed by atoms with E-state index in [-0.39, 0.29) is 18.5 Å². The first-order chi connectivity index (χ1) is 6.18. The molecule has 13 heavy (non-hydrogen) atoms. The number of thiophene rings is 1. The number of Topliss-reactive ketones (excluding diaryl/α,β-unsaturated/α-hetero) is 1. The van der Waals surface area contributed by atoms with Gasteiger partial charge in [-0.05, 0) is 36.2 Å². The number of ether oxygens (including phenoxy) is 1. The number of rotatable bonds is 5. The summed E-state index contributed by atoms with van der Waals surface area (Å²) in [6.07, 6.45) is 0.627. The minimum Gasteiger partial charge on any atom is -0.371 e. The van der Waals surface area contributed by atoms with Crippen LogP contribution in [-0.4, -0.2) is 18.5 Å². The third kappa shape index (κ3) is 4.20. The topological polar surface area (TPSA) is 26.3 Å². The Balaban J connectivity index is 2.26. The largest absolute Gasteiger partial charge is 0.371 e. The fourth-order valence-corrected chi connectivity index (χ4v) is 1.60. The Morgan fingerprint density at radius 3 is 2.92 bits per heavy atom. The van der Waals surface area contributed by atoms with Crippen LogP contribution in [0.25, 0.3) is 0 Å². The fraction of sp³-hybridized carbons (Fsp3) is 0.500. The SMILES string of the molecule is CC(C)OCC(=O)Cc1ccsc1.